The number of nitrogens with one attached hydrogen (secondary N) is 1. The number of hydrogen-bond acceptors (Lipinski definition) is 6. The molecular weight excluding hydrogens is 290 g/mol. The lowest BCUT2D eigenvalue weighted by Gasteiger charge is -2.40. The van der Waals surface area contributed by atoms with Crippen LogP contribution in [0.3, 0.4) is 0 Å². The molecule has 126 valence electrons. The SMILES string of the molecule is CC[C@@]1(O)CCC[C@@H]2CN(c3cc(NC4CC4)nc(N)n3)C[C@@H]21. The molecule has 2 aliphatic carbocycles. The highest BCUT2D eigenvalue weighted by Crippen LogP contribution is 2.45. The maximum absolute atomic E-state index is 11.0. The highest BCUT2D eigenvalue weighted by Gasteiger charge is 2.48. The van der Waals surface area contributed by atoms with Crippen molar-refractivity contribution in [3.8, 4) is 0 Å². The Morgan fingerprint density at radius 2 is 2.17 bits per heavy atom. The number of nitrogens with zero attached hydrogens (tertiary/aromatic N) is 3. The molecule has 0 amide bonds. The number of nitrogen functional groups attached to an aromatic ring is 1. The first-order valence-electron chi connectivity index (χ1n) is 8.96. The van der Waals surface area contributed by atoms with Gasteiger partial charge in [0.25, 0.3) is 0 Å². The third-order valence-corrected chi connectivity index (χ3v) is 5.91. The van der Waals surface area contributed by atoms with E-state index in [9.17, 15) is 5.11 Å². The Balaban J connectivity index is 1.55. The van der Waals surface area contributed by atoms with Crippen LogP contribution in [-0.4, -0.2) is 39.8 Å². The summed E-state index contributed by atoms with van der Waals surface area (Å²) in [5.74, 6) is 2.96. The second kappa shape index (κ2) is 5.51. The molecule has 1 aromatic rings. The lowest BCUT2D eigenvalue weighted by Crippen LogP contribution is -2.44. The van der Waals surface area contributed by atoms with Crippen LogP contribution in [0, 0.1) is 11.8 Å². The molecule has 3 fully saturated rings. The Hall–Kier alpha value is -1.56. The first kappa shape index (κ1) is 15.0. The van der Waals surface area contributed by atoms with Gasteiger partial charge in [0.1, 0.15) is 11.6 Å². The average Bonchev–Trinajstić information content (AvgIpc) is 3.22. The summed E-state index contributed by atoms with van der Waals surface area (Å²) >= 11 is 0. The van der Waals surface area contributed by atoms with E-state index < -0.39 is 5.60 Å². The summed E-state index contributed by atoms with van der Waals surface area (Å²) < 4.78 is 0. The van der Waals surface area contributed by atoms with Gasteiger partial charge >= 0.3 is 0 Å². The smallest absolute Gasteiger partial charge is 0.223 e. The lowest BCUT2D eigenvalue weighted by atomic mass is 9.69. The Bertz CT molecular complexity index is 590. The van der Waals surface area contributed by atoms with E-state index in [-0.39, 0.29) is 0 Å². The second-order valence-corrected chi connectivity index (χ2v) is 7.51. The van der Waals surface area contributed by atoms with E-state index in [2.05, 4.69) is 27.1 Å². The zero-order valence-electron chi connectivity index (χ0n) is 13.8. The molecule has 2 saturated carbocycles. The van der Waals surface area contributed by atoms with Crippen LogP contribution in [0.25, 0.3) is 0 Å². The number of hydrogen-bond donors (Lipinski definition) is 3. The normalized spacial score (nSPS) is 33.6. The van der Waals surface area contributed by atoms with Crippen molar-refractivity contribution < 1.29 is 5.11 Å². The minimum absolute atomic E-state index is 0.325. The van der Waals surface area contributed by atoms with E-state index in [1.807, 2.05) is 6.07 Å². The van der Waals surface area contributed by atoms with E-state index in [4.69, 9.17) is 5.73 Å². The van der Waals surface area contributed by atoms with Crippen LogP contribution in [-0.2, 0) is 0 Å². The van der Waals surface area contributed by atoms with Gasteiger partial charge in [-0.25, -0.2) is 0 Å². The predicted octanol–water partition coefficient (Wildman–Crippen LogP) is 2.01. The molecule has 6 heteroatoms. The third-order valence-electron chi connectivity index (χ3n) is 5.91. The van der Waals surface area contributed by atoms with Gasteiger partial charge < -0.3 is 21.1 Å². The van der Waals surface area contributed by atoms with Crippen LogP contribution >= 0.6 is 0 Å². The topological polar surface area (TPSA) is 87.3 Å². The molecule has 6 nitrogen and oxygen atoms in total. The van der Waals surface area contributed by atoms with Gasteiger partial charge in [0.15, 0.2) is 0 Å². The number of nitrogens with two attached hydrogens (primary N) is 1. The van der Waals surface area contributed by atoms with Crippen LogP contribution in [0.2, 0.25) is 0 Å². The average molecular weight is 317 g/mol. The largest absolute Gasteiger partial charge is 0.390 e. The van der Waals surface area contributed by atoms with E-state index in [0.717, 1.165) is 44.0 Å². The van der Waals surface area contributed by atoms with Gasteiger partial charge in [-0.3, -0.25) is 0 Å². The van der Waals surface area contributed by atoms with Gasteiger partial charge in [-0.1, -0.05) is 13.3 Å². The van der Waals surface area contributed by atoms with Gasteiger partial charge in [0.05, 0.1) is 5.60 Å². The summed E-state index contributed by atoms with van der Waals surface area (Å²) in [6.45, 7) is 3.94. The van der Waals surface area contributed by atoms with Crippen molar-refractivity contribution >= 4 is 17.6 Å². The fraction of sp³-hybridized carbons (Fsp3) is 0.765. The summed E-state index contributed by atoms with van der Waals surface area (Å²) in [4.78, 5) is 11.0. The Labute approximate surface area is 137 Å². The molecule has 0 aromatic carbocycles. The van der Waals surface area contributed by atoms with Gasteiger partial charge in [-0.2, -0.15) is 9.97 Å². The summed E-state index contributed by atoms with van der Waals surface area (Å²) in [6.07, 6.45) is 6.51. The van der Waals surface area contributed by atoms with Crippen molar-refractivity contribution in [2.45, 2.75) is 57.1 Å². The fourth-order valence-electron chi connectivity index (χ4n) is 4.38. The maximum Gasteiger partial charge on any atom is 0.223 e. The Kier molecular flexibility index (Phi) is 3.59. The summed E-state index contributed by atoms with van der Waals surface area (Å²) in [6, 6.07) is 2.56. The highest BCUT2D eigenvalue weighted by atomic mass is 16.3. The lowest BCUT2D eigenvalue weighted by molar-refractivity contribution is -0.0597. The highest BCUT2D eigenvalue weighted by molar-refractivity contribution is 5.54. The molecule has 1 aromatic heterocycles. The molecule has 1 aliphatic heterocycles. The van der Waals surface area contributed by atoms with Crippen molar-refractivity contribution in [3.63, 3.8) is 0 Å². The van der Waals surface area contributed by atoms with Gasteiger partial charge in [0, 0.05) is 31.1 Å². The standard InChI is InChI=1S/C17H27N5O/c1-2-17(23)7-3-4-11-9-22(10-13(11)17)15-8-14(19-12-5-6-12)20-16(18)21-15/h8,11-13,23H,2-7,9-10H2,1H3,(H3,18,19,20,21)/t11-,13+,17-/m1/s1. The Morgan fingerprint density at radius 3 is 2.91 bits per heavy atom. The molecule has 0 radical (unpaired) electrons. The van der Waals surface area contributed by atoms with Crippen LogP contribution in [0.5, 0.6) is 0 Å². The van der Waals surface area contributed by atoms with Crippen molar-refractivity contribution in [1.82, 2.24) is 9.97 Å². The Morgan fingerprint density at radius 1 is 1.35 bits per heavy atom. The van der Waals surface area contributed by atoms with Crippen LogP contribution in [0.1, 0.15) is 45.4 Å². The first-order valence-corrected chi connectivity index (χ1v) is 8.96. The quantitative estimate of drug-likeness (QED) is 0.787. The van der Waals surface area contributed by atoms with Gasteiger partial charge in [-0.15, -0.1) is 0 Å². The number of aromatic nitrogens is 2. The zero-order chi connectivity index (χ0) is 16.0. The molecule has 23 heavy (non-hydrogen) atoms. The summed E-state index contributed by atoms with van der Waals surface area (Å²) in [5.41, 5.74) is 5.40. The number of aliphatic hydroxyl groups is 1. The van der Waals surface area contributed by atoms with E-state index >= 15 is 0 Å². The maximum atomic E-state index is 11.0. The molecule has 4 rings (SSSR count). The van der Waals surface area contributed by atoms with Crippen molar-refractivity contribution in [1.29, 1.82) is 0 Å². The second-order valence-electron chi connectivity index (χ2n) is 7.51. The molecule has 2 heterocycles. The van der Waals surface area contributed by atoms with Crippen molar-refractivity contribution in [3.05, 3.63) is 6.07 Å². The molecule has 1 saturated heterocycles. The van der Waals surface area contributed by atoms with E-state index in [1.54, 1.807) is 0 Å². The van der Waals surface area contributed by atoms with Crippen LogP contribution in [0.4, 0.5) is 17.6 Å². The fourth-order valence-corrected chi connectivity index (χ4v) is 4.38. The van der Waals surface area contributed by atoms with Gasteiger partial charge in [-0.05, 0) is 38.0 Å². The predicted molar refractivity (Wildman–Crippen MR) is 91.4 cm³/mol. The molecule has 0 spiro atoms. The molecule has 0 bridgehead atoms. The monoisotopic (exact) mass is 317 g/mol. The third kappa shape index (κ3) is 2.84. The van der Waals surface area contributed by atoms with Crippen molar-refractivity contribution in [2.24, 2.45) is 11.8 Å². The van der Waals surface area contributed by atoms with Crippen LogP contribution in [0.15, 0.2) is 6.07 Å². The van der Waals surface area contributed by atoms with E-state index in [0.29, 0.717) is 23.8 Å². The molecule has 3 aliphatic rings. The van der Waals surface area contributed by atoms with E-state index in [1.165, 1.54) is 19.3 Å². The minimum atomic E-state index is -0.509. The molecule has 4 N–H and O–H groups in total. The zero-order valence-corrected chi connectivity index (χ0v) is 13.8. The summed E-state index contributed by atoms with van der Waals surface area (Å²) in [7, 11) is 0. The minimum Gasteiger partial charge on any atom is -0.390 e. The summed E-state index contributed by atoms with van der Waals surface area (Å²) in [5, 5.41) is 14.4. The van der Waals surface area contributed by atoms with Crippen molar-refractivity contribution in [2.75, 3.05) is 29.0 Å². The number of fused-ring (bicyclic) bond motifs is 1. The molecule has 3 atom stereocenters. The van der Waals surface area contributed by atoms with Gasteiger partial charge in [0.2, 0.25) is 5.95 Å². The molecule has 0 unspecified atom stereocenters. The first-order chi connectivity index (χ1) is 11.1. The van der Waals surface area contributed by atoms with Crippen LogP contribution < -0.4 is 16.0 Å². The molecular formula is C17H27N5O. The number of rotatable bonds is 4. The number of anilines is 3.